The van der Waals surface area contributed by atoms with E-state index in [2.05, 4.69) is 20.8 Å². The molecule has 0 saturated heterocycles. The van der Waals surface area contributed by atoms with Gasteiger partial charge in [0.15, 0.2) is 5.76 Å². The number of hydrogen-bond acceptors (Lipinski definition) is 6. The molecule has 0 aromatic carbocycles. The molecule has 112 valence electrons. The second-order valence-corrected chi connectivity index (χ2v) is 5.30. The molecule has 2 aromatic rings. The lowest BCUT2D eigenvalue weighted by atomic mass is 10.3. The highest BCUT2D eigenvalue weighted by atomic mass is 32.1. The summed E-state index contributed by atoms with van der Waals surface area (Å²) in [6, 6.07) is 3.23. The number of carbonyl (C=O) groups excluding carboxylic acids is 2. The number of amides is 2. The first kappa shape index (κ1) is 15.2. The van der Waals surface area contributed by atoms with Gasteiger partial charge in [0.25, 0.3) is 5.91 Å². The molecule has 8 heteroatoms. The smallest absolute Gasteiger partial charge is 0.286 e. The van der Waals surface area contributed by atoms with E-state index >= 15 is 0 Å². The first-order valence-corrected chi connectivity index (χ1v) is 7.44. The van der Waals surface area contributed by atoms with E-state index in [1.807, 2.05) is 6.92 Å². The molecule has 21 heavy (non-hydrogen) atoms. The van der Waals surface area contributed by atoms with Gasteiger partial charge in [-0.25, -0.2) is 0 Å². The number of hydrogen-bond donors (Lipinski definition) is 2. The summed E-state index contributed by atoms with van der Waals surface area (Å²) in [4.78, 5) is 23.2. The standard InChI is InChI=1S/C13H16N4O3S/c1-2-11-16-17-13(21-11)15-10(18)6-3-7-14-12(19)9-5-4-8-20-9/h4-5,8H,2-3,6-7H2,1H3,(H,14,19)(H,15,17,18). The predicted molar refractivity (Wildman–Crippen MR) is 78.2 cm³/mol. The van der Waals surface area contributed by atoms with Crippen LogP contribution in [-0.2, 0) is 11.2 Å². The van der Waals surface area contributed by atoms with Gasteiger partial charge >= 0.3 is 0 Å². The largest absolute Gasteiger partial charge is 0.459 e. The van der Waals surface area contributed by atoms with Crippen molar-refractivity contribution in [3.8, 4) is 0 Å². The number of aryl methyl sites for hydroxylation is 1. The molecule has 2 N–H and O–H groups in total. The van der Waals surface area contributed by atoms with Crippen LogP contribution in [0.25, 0.3) is 0 Å². The molecule has 0 atom stereocenters. The fourth-order valence-corrected chi connectivity index (χ4v) is 2.27. The van der Waals surface area contributed by atoms with Crippen LogP contribution in [0.15, 0.2) is 22.8 Å². The van der Waals surface area contributed by atoms with Crippen molar-refractivity contribution in [1.29, 1.82) is 0 Å². The summed E-state index contributed by atoms with van der Waals surface area (Å²) in [6.45, 7) is 2.39. The molecule has 0 aliphatic heterocycles. The quantitative estimate of drug-likeness (QED) is 0.761. The molecule has 7 nitrogen and oxygen atoms in total. The Balaban J connectivity index is 1.64. The van der Waals surface area contributed by atoms with E-state index in [0.29, 0.717) is 24.5 Å². The van der Waals surface area contributed by atoms with Crippen molar-refractivity contribution < 1.29 is 14.0 Å². The van der Waals surface area contributed by atoms with Crippen LogP contribution < -0.4 is 10.6 Å². The first-order valence-electron chi connectivity index (χ1n) is 6.63. The maximum Gasteiger partial charge on any atom is 0.286 e. The fraction of sp³-hybridized carbons (Fsp3) is 0.385. The number of nitrogens with zero attached hydrogens (tertiary/aromatic N) is 2. The second kappa shape index (κ2) is 7.53. The third kappa shape index (κ3) is 4.67. The number of nitrogens with one attached hydrogen (secondary N) is 2. The van der Waals surface area contributed by atoms with Crippen LogP contribution >= 0.6 is 11.3 Å². The van der Waals surface area contributed by atoms with Gasteiger partial charge in [-0.15, -0.1) is 10.2 Å². The van der Waals surface area contributed by atoms with Gasteiger partial charge in [0.05, 0.1) is 6.26 Å². The second-order valence-electron chi connectivity index (χ2n) is 4.24. The molecule has 2 rings (SSSR count). The van der Waals surface area contributed by atoms with Crippen LogP contribution in [0.5, 0.6) is 0 Å². The van der Waals surface area contributed by atoms with Crippen LogP contribution in [-0.4, -0.2) is 28.6 Å². The summed E-state index contributed by atoms with van der Waals surface area (Å²) in [5.41, 5.74) is 0. The van der Waals surface area contributed by atoms with Gasteiger partial charge < -0.3 is 15.1 Å². The molecule has 0 fully saturated rings. The Hall–Kier alpha value is -2.22. The van der Waals surface area contributed by atoms with Gasteiger partial charge in [-0.05, 0) is 25.0 Å². The van der Waals surface area contributed by atoms with Gasteiger partial charge in [-0.2, -0.15) is 0 Å². The highest BCUT2D eigenvalue weighted by molar-refractivity contribution is 7.15. The maximum absolute atomic E-state index is 11.7. The van der Waals surface area contributed by atoms with Crippen molar-refractivity contribution in [2.45, 2.75) is 26.2 Å². The van der Waals surface area contributed by atoms with Crippen molar-refractivity contribution in [1.82, 2.24) is 15.5 Å². The molecule has 2 aromatic heterocycles. The Morgan fingerprint density at radius 3 is 2.90 bits per heavy atom. The summed E-state index contributed by atoms with van der Waals surface area (Å²) in [5.74, 6) is -0.154. The molecule has 0 bridgehead atoms. The van der Waals surface area contributed by atoms with Crippen molar-refractivity contribution in [2.24, 2.45) is 0 Å². The van der Waals surface area contributed by atoms with Crippen molar-refractivity contribution in [2.75, 3.05) is 11.9 Å². The Labute approximate surface area is 125 Å². The lowest BCUT2D eigenvalue weighted by Crippen LogP contribution is -2.25. The topological polar surface area (TPSA) is 97.1 Å². The molecule has 0 aliphatic rings. The first-order chi connectivity index (χ1) is 10.2. The van der Waals surface area contributed by atoms with E-state index < -0.39 is 0 Å². The molecule has 0 saturated carbocycles. The number of furan rings is 1. The van der Waals surface area contributed by atoms with E-state index in [4.69, 9.17) is 4.42 Å². The maximum atomic E-state index is 11.7. The van der Waals surface area contributed by atoms with Gasteiger partial charge in [-0.1, -0.05) is 18.3 Å². The number of aromatic nitrogens is 2. The van der Waals surface area contributed by atoms with Gasteiger partial charge in [0.1, 0.15) is 5.01 Å². The van der Waals surface area contributed by atoms with Crippen molar-refractivity contribution in [3.05, 3.63) is 29.2 Å². The van der Waals surface area contributed by atoms with E-state index in [9.17, 15) is 9.59 Å². The van der Waals surface area contributed by atoms with Crippen LogP contribution in [0.1, 0.15) is 35.3 Å². The van der Waals surface area contributed by atoms with E-state index in [-0.39, 0.29) is 17.6 Å². The molecular formula is C13H16N4O3S. The van der Waals surface area contributed by atoms with Crippen LogP contribution in [0.4, 0.5) is 5.13 Å². The number of anilines is 1. The molecule has 0 radical (unpaired) electrons. The number of rotatable bonds is 7. The van der Waals surface area contributed by atoms with Crippen LogP contribution in [0, 0.1) is 0 Å². The normalized spacial score (nSPS) is 10.3. The minimum Gasteiger partial charge on any atom is -0.459 e. The van der Waals surface area contributed by atoms with E-state index in [1.165, 1.54) is 17.6 Å². The Bertz CT molecular complexity index is 594. The Kier molecular flexibility index (Phi) is 5.44. The SMILES string of the molecule is CCc1nnc(NC(=O)CCCNC(=O)c2ccco2)s1. The molecule has 2 amide bonds. The zero-order valence-electron chi connectivity index (χ0n) is 11.6. The lowest BCUT2D eigenvalue weighted by Gasteiger charge is -2.03. The predicted octanol–water partition coefficient (Wildman–Crippen LogP) is 1.84. The highest BCUT2D eigenvalue weighted by Crippen LogP contribution is 2.15. The summed E-state index contributed by atoms with van der Waals surface area (Å²) < 4.78 is 4.96. The Morgan fingerprint density at radius 2 is 2.24 bits per heavy atom. The monoisotopic (exact) mass is 308 g/mol. The average molecular weight is 308 g/mol. The fourth-order valence-electron chi connectivity index (χ4n) is 1.57. The lowest BCUT2D eigenvalue weighted by molar-refractivity contribution is -0.116. The zero-order chi connectivity index (χ0) is 15.1. The van der Waals surface area contributed by atoms with Crippen molar-refractivity contribution in [3.63, 3.8) is 0 Å². The van der Waals surface area contributed by atoms with E-state index in [1.54, 1.807) is 12.1 Å². The van der Waals surface area contributed by atoms with Gasteiger partial charge in [0, 0.05) is 13.0 Å². The molecule has 2 heterocycles. The average Bonchev–Trinajstić information content (AvgIpc) is 3.14. The third-order valence-electron chi connectivity index (χ3n) is 2.63. The molecule has 0 unspecified atom stereocenters. The molecular weight excluding hydrogens is 292 g/mol. The minimum absolute atomic E-state index is 0.138. The zero-order valence-corrected chi connectivity index (χ0v) is 12.4. The summed E-state index contributed by atoms with van der Waals surface area (Å²) >= 11 is 1.37. The van der Waals surface area contributed by atoms with Crippen molar-refractivity contribution >= 4 is 28.3 Å². The summed E-state index contributed by atoms with van der Waals surface area (Å²) in [5, 5.41) is 14.6. The van der Waals surface area contributed by atoms with Gasteiger partial charge in [0.2, 0.25) is 11.0 Å². The third-order valence-corrected chi connectivity index (χ3v) is 3.61. The molecule has 0 aliphatic carbocycles. The van der Waals surface area contributed by atoms with Crippen LogP contribution in [0.3, 0.4) is 0 Å². The summed E-state index contributed by atoms with van der Waals surface area (Å²) in [7, 11) is 0. The molecule has 0 spiro atoms. The minimum atomic E-state index is -0.280. The number of carbonyl (C=O) groups is 2. The highest BCUT2D eigenvalue weighted by Gasteiger charge is 2.09. The van der Waals surface area contributed by atoms with E-state index in [0.717, 1.165) is 11.4 Å². The van der Waals surface area contributed by atoms with Crippen LogP contribution in [0.2, 0.25) is 0 Å². The van der Waals surface area contributed by atoms with Gasteiger partial charge in [-0.3, -0.25) is 9.59 Å². The summed E-state index contributed by atoms with van der Waals surface area (Å²) in [6.07, 6.45) is 3.08. The Morgan fingerprint density at radius 1 is 1.38 bits per heavy atom.